The quantitative estimate of drug-likeness (QED) is 0.682. The zero-order valence-corrected chi connectivity index (χ0v) is 14.1. The Bertz CT molecular complexity index is 806. The van der Waals surface area contributed by atoms with E-state index in [-0.39, 0.29) is 16.5 Å². The van der Waals surface area contributed by atoms with Crippen LogP contribution in [-0.4, -0.2) is 39.9 Å². The number of benzene rings is 1. The summed E-state index contributed by atoms with van der Waals surface area (Å²) >= 11 is 0.992. The second-order valence-corrected chi connectivity index (χ2v) is 5.89. The van der Waals surface area contributed by atoms with Crippen molar-refractivity contribution in [1.82, 2.24) is 25.8 Å². The van der Waals surface area contributed by atoms with Crippen molar-refractivity contribution in [2.75, 3.05) is 12.8 Å². The van der Waals surface area contributed by atoms with Gasteiger partial charge in [0, 0.05) is 13.5 Å². The highest BCUT2D eigenvalue weighted by atomic mass is 32.2. The number of hydrogen-bond donors (Lipinski definition) is 3. The van der Waals surface area contributed by atoms with E-state index in [0.717, 1.165) is 22.9 Å². The minimum absolute atomic E-state index is 0.0603. The maximum Gasteiger partial charge on any atom is 0.321 e. The molecule has 1 aromatic heterocycles. The summed E-state index contributed by atoms with van der Waals surface area (Å²) in [5.74, 6) is -0.555. The number of carbonyl (C=O) groups is 2. The van der Waals surface area contributed by atoms with Crippen molar-refractivity contribution >= 4 is 23.7 Å². The molecule has 8 nitrogen and oxygen atoms in total. The Morgan fingerprint density at radius 2 is 2.00 bits per heavy atom. The molecule has 2 rings (SSSR count). The zero-order chi connectivity index (χ0) is 17.5. The molecule has 0 bridgehead atoms. The predicted octanol–water partition coefficient (Wildman–Crippen LogP) is 0.612. The van der Waals surface area contributed by atoms with Gasteiger partial charge in [0.15, 0.2) is 5.16 Å². The van der Waals surface area contributed by atoms with Crippen LogP contribution in [0.3, 0.4) is 0 Å². The summed E-state index contributed by atoms with van der Waals surface area (Å²) in [4.78, 5) is 37.2. The Hall–Kier alpha value is -2.68. The molecule has 2 aromatic rings. The maximum absolute atomic E-state index is 12.1. The largest absolute Gasteiger partial charge is 0.341 e. The number of carbonyl (C=O) groups excluding carboxylic acids is 2. The van der Waals surface area contributed by atoms with E-state index in [1.54, 1.807) is 0 Å². The second-order valence-electron chi connectivity index (χ2n) is 4.93. The summed E-state index contributed by atoms with van der Waals surface area (Å²) in [7, 11) is 1.41. The number of H-pyrrole nitrogens is 1. The van der Waals surface area contributed by atoms with E-state index in [0.29, 0.717) is 12.1 Å². The first kappa shape index (κ1) is 17.7. The van der Waals surface area contributed by atoms with E-state index >= 15 is 0 Å². The molecule has 0 aliphatic carbocycles. The van der Waals surface area contributed by atoms with Gasteiger partial charge >= 0.3 is 6.03 Å². The molecule has 0 fully saturated rings. The fourth-order valence-corrected chi connectivity index (χ4v) is 2.48. The van der Waals surface area contributed by atoms with E-state index in [1.807, 2.05) is 31.2 Å². The lowest BCUT2D eigenvalue weighted by Crippen LogP contribution is -2.38. The lowest BCUT2D eigenvalue weighted by Gasteiger charge is -2.05. The predicted molar refractivity (Wildman–Crippen MR) is 90.0 cm³/mol. The number of aryl methyl sites for hydroxylation is 1. The molecule has 0 saturated heterocycles. The third-order valence-electron chi connectivity index (χ3n) is 3.18. The molecule has 0 saturated carbocycles. The Morgan fingerprint density at radius 3 is 2.67 bits per heavy atom. The van der Waals surface area contributed by atoms with Crippen LogP contribution in [-0.2, 0) is 11.2 Å². The highest BCUT2D eigenvalue weighted by Gasteiger charge is 2.10. The molecular formula is C15H17N5O3S. The molecule has 0 aliphatic heterocycles. The number of amides is 3. The van der Waals surface area contributed by atoms with Gasteiger partial charge in [0.1, 0.15) is 5.69 Å². The number of urea groups is 1. The molecule has 1 heterocycles. The first-order valence-corrected chi connectivity index (χ1v) is 8.13. The number of nitrogens with one attached hydrogen (secondary N) is 3. The molecule has 1 aromatic carbocycles. The van der Waals surface area contributed by atoms with E-state index in [2.05, 4.69) is 25.8 Å². The summed E-state index contributed by atoms with van der Waals surface area (Å²) < 4.78 is 0. The second kappa shape index (κ2) is 8.25. The first-order valence-electron chi connectivity index (χ1n) is 7.14. The molecular weight excluding hydrogens is 330 g/mol. The molecule has 9 heteroatoms. The molecule has 126 valence electrons. The molecule has 0 spiro atoms. The third kappa shape index (κ3) is 4.92. The third-order valence-corrected chi connectivity index (χ3v) is 4.05. The van der Waals surface area contributed by atoms with Gasteiger partial charge in [0.05, 0.1) is 5.75 Å². The lowest BCUT2D eigenvalue weighted by atomic mass is 10.0. The number of imide groups is 1. The number of aromatic amines is 1. The van der Waals surface area contributed by atoms with Crippen molar-refractivity contribution < 1.29 is 9.59 Å². The van der Waals surface area contributed by atoms with E-state index in [1.165, 1.54) is 7.05 Å². The average Bonchev–Trinajstić information content (AvgIpc) is 2.57. The van der Waals surface area contributed by atoms with Crippen molar-refractivity contribution in [2.45, 2.75) is 18.5 Å². The van der Waals surface area contributed by atoms with Crippen molar-refractivity contribution in [3.05, 3.63) is 51.4 Å². The fourth-order valence-electron chi connectivity index (χ4n) is 1.87. The number of hydrogen-bond acceptors (Lipinski definition) is 6. The van der Waals surface area contributed by atoms with Crippen LogP contribution in [0.2, 0.25) is 0 Å². The van der Waals surface area contributed by atoms with Crippen LogP contribution in [0.5, 0.6) is 0 Å². The van der Waals surface area contributed by atoms with Gasteiger partial charge in [-0.15, -0.1) is 10.2 Å². The Labute approximate surface area is 142 Å². The topological polar surface area (TPSA) is 117 Å². The van der Waals surface area contributed by atoms with Crippen LogP contribution in [0.1, 0.15) is 16.8 Å². The Kier molecular flexibility index (Phi) is 6.07. The van der Waals surface area contributed by atoms with Crippen molar-refractivity contribution in [2.24, 2.45) is 0 Å². The van der Waals surface area contributed by atoms with Crippen LogP contribution in [0.15, 0.2) is 34.2 Å². The highest BCUT2D eigenvalue weighted by molar-refractivity contribution is 7.99. The Morgan fingerprint density at radius 1 is 1.25 bits per heavy atom. The standard InChI is InChI=1S/C15H17N5O3S/c1-9-5-3-4-6-10(9)7-11-13(22)18-15(20-19-11)24-8-12(21)17-14(23)16-2/h3-6H,7-8H2,1-2H3,(H,18,20,22)(H2,16,17,21,23). The summed E-state index contributed by atoms with van der Waals surface area (Å²) in [5.41, 5.74) is 2.04. The highest BCUT2D eigenvalue weighted by Crippen LogP contribution is 2.12. The van der Waals surface area contributed by atoms with Crippen molar-refractivity contribution in [1.29, 1.82) is 0 Å². The van der Waals surface area contributed by atoms with Gasteiger partial charge in [-0.2, -0.15) is 0 Å². The zero-order valence-electron chi connectivity index (χ0n) is 13.3. The minimum Gasteiger partial charge on any atom is -0.341 e. The smallest absolute Gasteiger partial charge is 0.321 e. The molecule has 0 radical (unpaired) electrons. The van der Waals surface area contributed by atoms with Gasteiger partial charge < -0.3 is 5.32 Å². The van der Waals surface area contributed by atoms with Crippen molar-refractivity contribution in [3.63, 3.8) is 0 Å². The molecule has 3 N–H and O–H groups in total. The fraction of sp³-hybridized carbons (Fsp3) is 0.267. The normalized spacial score (nSPS) is 10.2. The van der Waals surface area contributed by atoms with E-state index in [9.17, 15) is 14.4 Å². The van der Waals surface area contributed by atoms with Gasteiger partial charge in [-0.25, -0.2) is 4.79 Å². The molecule has 0 unspecified atom stereocenters. The monoisotopic (exact) mass is 347 g/mol. The average molecular weight is 347 g/mol. The molecule has 24 heavy (non-hydrogen) atoms. The van der Waals surface area contributed by atoms with Gasteiger partial charge in [-0.3, -0.25) is 19.9 Å². The van der Waals surface area contributed by atoms with Gasteiger partial charge in [0.2, 0.25) is 5.91 Å². The first-order chi connectivity index (χ1) is 11.5. The number of nitrogens with zero attached hydrogens (tertiary/aromatic N) is 2. The maximum atomic E-state index is 12.1. The molecule has 3 amide bonds. The van der Waals surface area contributed by atoms with Crippen LogP contribution in [0.4, 0.5) is 4.79 Å². The van der Waals surface area contributed by atoms with Crippen LogP contribution in [0.25, 0.3) is 0 Å². The minimum atomic E-state index is -0.589. The van der Waals surface area contributed by atoms with E-state index < -0.39 is 11.9 Å². The number of aromatic nitrogens is 3. The lowest BCUT2D eigenvalue weighted by molar-refractivity contribution is -0.117. The summed E-state index contributed by atoms with van der Waals surface area (Å²) in [6, 6.07) is 7.14. The summed E-state index contributed by atoms with van der Waals surface area (Å²) in [6.45, 7) is 1.96. The van der Waals surface area contributed by atoms with Gasteiger partial charge in [0.25, 0.3) is 5.56 Å². The van der Waals surface area contributed by atoms with Crippen molar-refractivity contribution in [3.8, 4) is 0 Å². The van der Waals surface area contributed by atoms with Gasteiger partial charge in [-0.05, 0) is 18.1 Å². The number of rotatable bonds is 5. The van der Waals surface area contributed by atoms with Crippen LogP contribution < -0.4 is 16.2 Å². The molecule has 0 aliphatic rings. The SMILES string of the molecule is CNC(=O)NC(=O)CSc1nnc(Cc2ccccc2C)c(=O)[nH]1. The number of thioether (sulfide) groups is 1. The van der Waals surface area contributed by atoms with E-state index in [4.69, 9.17) is 0 Å². The molecule has 0 atom stereocenters. The summed E-state index contributed by atoms with van der Waals surface area (Å²) in [5, 5.41) is 12.5. The van der Waals surface area contributed by atoms with Crippen LogP contribution >= 0.6 is 11.8 Å². The Balaban J connectivity index is 2.00. The summed E-state index contributed by atoms with van der Waals surface area (Å²) in [6.07, 6.45) is 0.386. The van der Waals surface area contributed by atoms with Gasteiger partial charge in [-0.1, -0.05) is 36.0 Å². The van der Waals surface area contributed by atoms with Crippen LogP contribution in [0, 0.1) is 6.92 Å².